The number of rotatable bonds is 4. The summed E-state index contributed by atoms with van der Waals surface area (Å²) in [6.07, 6.45) is -5.40. The molecule has 20 heavy (non-hydrogen) atoms. The van der Waals surface area contributed by atoms with E-state index in [0.29, 0.717) is 0 Å². The van der Waals surface area contributed by atoms with Crippen LogP contribution in [0.3, 0.4) is 0 Å². The van der Waals surface area contributed by atoms with Crippen LogP contribution in [-0.4, -0.2) is 53.7 Å². The summed E-state index contributed by atoms with van der Waals surface area (Å²) < 4.78 is 20.0. The van der Waals surface area contributed by atoms with Crippen LogP contribution >= 0.6 is 0 Å². The van der Waals surface area contributed by atoms with Crippen LogP contribution in [0.4, 0.5) is 0 Å². The first-order chi connectivity index (χ1) is 9.22. The Morgan fingerprint density at radius 3 is 1.95 bits per heavy atom. The van der Waals surface area contributed by atoms with Crippen molar-refractivity contribution in [2.75, 3.05) is 0 Å². The lowest BCUT2D eigenvalue weighted by molar-refractivity contribution is -0.176. The van der Waals surface area contributed by atoms with Gasteiger partial charge in [-0.25, -0.2) is 0 Å². The second-order valence-electron chi connectivity index (χ2n) is 4.45. The Morgan fingerprint density at radius 2 is 1.50 bits per heavy atom. The molecule has 0 aromatic rings. The Hall–Kier alpha value is -1.67. The van der Waals surface area contributed by atoms with Gasteiger partial charge in [-0.1, -0.05) is 0 Å². The Kier molecular flexibility index (Phi) is 5.46. The highest BCUT2D eigenvalue weighted by atomic mass is 16.7. The third-order valence-electron chi connectivity index (χ3n) is 2.64. The van der Waals surface area contributed by atoms with Gasteiger partial charge in [0.2, 0.25) is 0 Å². The standard InChI is InChI=1S/C12H18O8/c1-5(17-6(2)13)9-10(18-7(3)14)11(12(16)20-9)19-8(4)15/h5,9-12,16H,1-4H3. The van der Waals surface area contributed by atoms with E-state index in [1.165, 1.54) is 20.8 Å². The van der Waals surface area contributed by atoms with E-state index < -0.39 is 48.6 Å². The van der Waals surface area contributed by atoms with Gasteiger partial charge in [-0.15, -0.1) is 0 Å². The van der Waals surface area contributed by atoms with Crippen LogP contribution in [0.5, 0.6) is 0 Å². The number of aliphatic hydroxyl groups excluding tert-OH is 1. The molecule has 5 unspecified atom stereocenters. The van der Waals surface area contributed by atoms with Crippen LogP contribution in [0, 0.1) is 0 Å². The van der Waals surface area contributed by atoms with Crippen molar-refractivity contribution >= 4 is 17.9 Å². The summed E-state index contributed by atoms with van der Waals surface area (Å²) in [6.45, 7) is 5.06. The summed E-state index contributed by atoms with van der Waals surface area (Å²) in [7, 11) is 0. The zero-order valence-corrected chi connectivity index (χ0v) is 11.7. The van der Waals surface area contributed by atoms with Gasteiger partial charge in [0.05, 0.1) is 0 Å². The van der Waals surface area contributed by atoms with Gasteiger partial charge in [0.25, 0.3) is 0 Å². The molecule has 1 heterocycles. The lowest BCUT2D eigenvalue weighted by atomic mass is 10.1. The molecule has 0 aromatic heterocycles. The van der Waals surface area contributed by atoms with E-state index in [2.05, 4.69) is 0 Å². The van der Waals surface area contributed by atoms with E-state index in [-0.39, 0.29) is 0 Å². The first-order valence-corrected chi connectivity index (χ1v) is 6.07. The fourth-order valence-electron chi connectivity index (χ4n) is 2.01. The van der Waals surface area contributed by atoms with Crippen LogP contribution in [0.2, 0.25) is 0 Å². The molecule has 0 spiro atoms. The number of ether oxygens (including phenoxy) is 4. The van der Waals surface area contributed by atoms with E-state index in [1.54, 1.807) is 0 Å². The van der Waals surface area contributed by atoms with Crippen molar-refractivity contribution in [2.45, 2.75) is 58.4 Å². The molecule has 1 aliphatic rings. The minimum Gasteiger partial charge on any atom is -0.460 e. The Morgan fingerprint density at radius 1 is 1.00 bits per heavy atom. The van der Waals surface area contributed by atoms with Crippen molar-refractivity contribution in [1.82, 2.24) is 0 Å². The predicted octanol–water partition coefficient (Wildman–Crippen LogP) is -0.481. The number of aliphatic hydroxyl groups is 1. The molecule has 114 valence electrons. The van der Waals surface area contributed by atoms with E-state index >= 15 is 0 Å². The molecule has 0 radical (unpaired) electrons. The summed E-state index contributed by atoms with van der Waals surface area (Å²) in [5, 5.41) is 9.74. The first kappa shape index (κ1) is 16.4. The monoisotopic (exact) mass is 290 g/mol. The minimum absolute atomic E-state index is 0.548. The van der Waals surface area contributed by atoms with Crippen molar-refractivity contribution in [3.05, 3.63) is 0 Å². The second-order valence-corrected chi connectivity index (χ2v) is 4.45. The zero-order valence-electron chi connectivity index (χ0n) is 11.7. The second kappa shape index (κ2) is 6.67. The molecule has 1 fully saturated rings. The van der Waals surface area contributed by atoms with Crippen molar-refractivity contribution in [3.63, 3.8) is 0 Å². The molecule has 8 heteroatoms. The number of hydrogen-bond donors (Lipinski definition) is 1. The van der Waals surface area contributed by atoms with E-state index in [9.17, 15) is 19.5 Å². The maximum atomic E-state index is 11.1. The molecule has 0 aromatic carbocycles. The van der Waals surface area contributed by atoms with E-state index in [1.807, 2.05) is 0 Å². The summed E-state index contributed by atoms with van der Waals surface area (Å²) in [4.78, 5) is 33.1. The molecule has 5 atom stereocenters. The SMILES string of the molecule is CC(=O)OC(C)C1OC(O)C(OC(C)=O)C1OC(C)=O. The predicted molar refractivity (Wildman–Crippen MR) is 63.2 cm³/mol. The molecular formula is C12H18O8. The zero-order chi connectivity index (χ0) is 15.4. The first-order valence-electron chi connectivity index (χ1n) is 6.07. The van der Waals surface area contributed by atoms with Gasteiger partial charge < -0.3 is 24.1 Å². The maximum absolute atomic E-state index is 11.1. The summed E-state index contributed by atoms with van der Waals surface area (Å²) in [6, 6.07) is 0. The molecule has 0 aliphatic carbocycles. The van der Waals surface area contributed by atoms with Gasteiger partial charge in [0, 0.05) is 20.8 Å². The summed E-state index contributed by atoms with van der Waals surface area (Å²) in [5.41, 5.74) is 0. The molecule has 1 saturated heterocycles. The van der Waals surface area contributed by atoms with E-state index in [4.69, 9.17) is 18.9 Å². The molecule has 0 bridgehead atoms. The minimum atomic E-state index is -1.47. The van der Waals surface area contributed by atoms with Gasteiger partial charge in [-0.3, -0.25) is 14.4 Å². The number of carbonyl (C=O) groups excluding carboxylic acids is 3. The normalized spacial score (nSPS) is 30.4. The molecule has 1 N–H and O–H groups in total. The Bertz CT molecular complexity index is 393. The van der Waals surface area contributed by atoms with Crippen LogP contribution in [0.25, 0.3) is 0 Å². The molecule has 0 amide bonds. The number of hydrogen-bond acceptors (Lipinski definition) is 8. The number of carbonyl (C=O) groups is 3. The summed E-state index contributed by atoms with van der Waals surface area (Å²) in [5.74, 6) is -1.84. The van der Waals surface area contributed by atoms with Crippen molar-refractivity contribution in [3.8, 4) is 0 Å². The van der Waals surface area contributed by atoms with Gasteiger partial charge in [-0.05, 0) is 6.92 Å². The van der Waals surface area contributed by atoms with Crippen molar-refractivity contribution in [1.29, 1.82) is 0 Å². The number of esters is 3. The Labute approximate surface area is 115 Å². The van der Waals surface area contributed by atoms with Gasteiger partial charge in [0.15, 0.2) is 18.5 Å². The van der Waals surface area contributed by atoms with Crippen LogP contribution in [-0.2, 0) is 33.3 Å². The average molecular weight is 290 g/mol. The lowest BCUT2D eigenvalue weighted by Crippen LogP contribution is -2.44. The van der Waals surface area contributed by atoms with Crippen molar-refractivity contribution in [2.24, 2.45) is 0 Å². The lowest BCUT2D eigenvalue weighted by Gasteiger charge is -2.25. The summed E-state index contributed by atoms with van der Waals surface area (Å²) >= 11 is 0. The third-order valence-corrected chi connectivity index (χ3v) is 2.64. The molecule has 1 aliphatic heterocycles. The van der Waals surface area contributed by atoms with Crippen LogP contribution in [0.1, 0.15) is 27.7 Å². The van der Waals surface area contributed by atoms with E-state index in [0.717, 1.165) is 6.92 Å². The van der Waals surface area contributed by atoms with Gasteiger partial charge in [0.1, 0.15) is 12.2 Å². The highest BCUT2D eigenvalue weighted by Gasteiger charge is 2.51. The van der Waals surface area contributed by atoms with Crippen LogP contribution in [0.15, 0.2) is 0 Å². The van der Waals surface area contributed by atoms with Crippen LogP contribution < -0.4 is 0 Å². The fourth-order valence-corrected chi connectivity index (χ4v) is 2.01. The quantitative estimate of drug-likeness (QED) is 0.546. The van der Waals surface area contributed by atoms with Gasteiger partial charge in [-0.2, -0.15) is 0 Å². The fraction of sp³-hybridized carbons (Fsp3) is 0.750. The molecule has 0 saturated carbocycles. The average Bonchev–Trinajstić information content (AvgIpc) is 2.55. The largest absolute Gasteiger partial charge is 0.460 e. The highest BCUT2D eigenvalue weighted by Crippen LogP contribution is 2.29. The third kappa shape index (κ3) is 4.17. The Balaban J connectivity index is 2.89. The maximum Gasteiger partial charge on any atom is 0.303 e. The molecular weight excluding hydrogens is 272 g/mol. The molecule has 8 nitrogen and oxygen atoms in total. The van der Waals surface area contributed by atoms with Gasteiger partial charge >= 0.3 is 17.9 Å². The highest BCUT2D eigenvalue weighted by molar-refractivity contribution is 5.68. The smallest absolute Gasteiger partial charge is 0.303 e. The molecule has 1 rings (SSSR count). The topological polar surface area (TPSA) is 108 Å². The van der Waals surface area contributed by atoms with Crippen molar-refractivity contribution < 1.29 is 38.4 Å².